The Hall–Kier alpha value is 0.830. The zero-order chi connectivity index (χ0) is 10.6. The molecule has 0 atom stereocenters. The fraction of sp³-hybridized carbons (Fsp3) is 1.00. The normalized spacial score (nSPS) is 17.8. The van der Waals surface area contributed by atoms with Crippen molar-refractivity contribution in [3.8, 4) is 0 Å². The van der Waals surface area contributed by atoms with Crippen LogP contribution in [0.2, 0.25) is 12.5 Å². The van der Waals surface area contributed by atoms with Crippen LogP contribution in [0.15, 0.2) is 0 Å². The van der Waals surface area contributed by atoms with Gasteiger partial charge in [-0.25, -0.2) is 0 Å². The van der Waals surface area contributed by atoms with Crippen LogP contribution in [0, 0.1) is 0 Å². The minimum absolute atomic E-state index is 0.739. The summed E-state index contributed by atoms with van der Waals surface area (Å²) >= 11 is -0.926. The molecule has 0 N–H and O–H groups in total. The average Bonchev–Trinajstić information content (AvgIpc) is 2.55. The van der Waals surface area contributed by atoms with Crippen LogP contribution in [0.3, 0.4) is 0 Å². The molecule has 0 saturated carbocycles. The average molecular weight is 299 g/mol. The molecular formula is C12H26InN. The molecule has 2 heteroatoms. The second-order valence-electron chi connectivity index (χ2n) is 5.36. The van der Waals surface area contributed by atoms with E-state index < -0.39 is 21.4 Å². The Bertz CT molecular complexity index is 142. The van der Waals surface area contributed by atoms with Crippen LogP contribution in [0.1, 0.15) is 40.5 Å². The molecule has 0 spiro atoms. The van der Waals surface area contributed by atoms with Crippen LogP contribution in [0.5, 0.6) is 0 Å². The van der Waals surface area contributed by atoms with Gasteiger partial charge in [-0.1, -0.05) is 0 Å². The predicted molar refractivity (Wildman–Crippen MR) is 66.4 cm³/mol. The van der Waals surface area contributed by atoms with Crippen molar-refractivity contribution in [3.63, 3.8) is 0 Å². The summed E-state index contributed by atoms with van der Waals surface area (Å²) in [6, 6.07) is 1.48. The first-order chi connectivity index (χ1) is 6.61. The molecule has 1 nitrogen and oxygen atoms in total. The van der Waals surface area contributed by atoms with Crippen molar-refractivity contribution in [2.45, 2.75) is 65.2 Å². The fourth-order valence-electron chi connectivity index (χ4n) is 2.74. The summed E-state index contributed by atoms with van der Waals surface area (Å²) in [6.45, 7) is 10.7. The molecule has 0 aliphatic carbocycles. The molecule has 0 aromatic carbocycles. The first-order valence-electron chi connectivity index (χ1n) is 6.37. The first kappa shape index (κ1) is 12.9. The maximum atomic E-state index is 2.68. The number of nitrogens with zero attached hydrogens (tertiary/aromatic N) is 1. The fourth-order valence-corrected chi connectivity index (χ4v) is 12.1. The topological polar surface area (TPSA) is 3.24 Å². The van der Waals surface area contributed by atoms with Crippen molar-refractivity contribution in [1.29, 1.82) is 0 Å². The number of hydrogen-bond acceptors (Lipinski definition) is 1. The summed E-state index contributed by atoms with van der Waals surface area (Å²) in [5.74, 6) is 0. The van der Waals surface area contributed by atoms with Gasteiger partial charge in [0.15, 0.2) is 0 Å². The Morgan fingerprint density at radius 2 is 1.50 bits per heavy atom. The van der Waals surface area contributed by atoms with Crippen LogP contribution < -0.4 is 0 Å². The molecule has 1 heterocycles. The van der Waals surface area contributed by atoms with Gasteiger partial charge >= 0.3 is 98.0 Å². The number of rotatable bonds is 5. The van der Waals surface area contributed by atoms with Crippen molar-refractivity contribution in [3.05, 3.63) is 0 Å². The zero-order valence-corrected chi connectivity index (χ0v) is 13.7. The monoisotopic (exact) mass is 299 g/mol. The van der Waals surface area contributed by atoms with Gasteiger partial charge in [-0.2, -0.15) is 0 Å². The summed E-state index contributed by atoms with van der Waals surface area (Å²) < 4.78 is 5.04. The maximum absolute atomic E-state index is 2.68. The number of hydrogen-bond donors (Lipinski definition) is 0. The van der Waals surface area contributed by atoms with Gasteiger partial charge in [-0.05, 0) is 0 Å². The molecule has 0 aromatic rings. The van der Waals surface area contributed by atoms with Gasteiger partial charge < -0.3 is 0 Å². The Balaban J connectivity index is 2.25. The van der Waals surface area contributed by atoms with Crippen molar-refractivity contribution >= 4 is 21.4 Å². The predicted octanol–water partition coefficient (Wildman–Crippen LogP) is 3.39. The molecular weight excluding hydrogens is 273 g/mol. The molecule has 1 rings (SSSR count). The molecule has 0 aromatic heterocycles. The van der Waals surface area contributed by atoms with Crippen LogP contribution in [-0.4, -0.2) is 45.0 Å². The van der Waals surface area contributed by atoms with E-state index in [2.05, 4.69) is 32.6 Å². The van der Waals surface area contributed by atoms with Gasteiger partial charge in [0.1, 0.15) is 0 Å². The third-order valence-electron chi connectivity index (χ3n) is 3.60. The van der Waals surface area contributed by atoms with E-state index in [0.717, 1.165) is 12.1 Å². The van der Waals surface area contributed by atoms with Crippen LogP contribution >= 0.6 is 0 Å². The molecule has 14 heavy (non-hydrogen) atoms. The van der Waals surface area contributed by atoms with E-state index in [1.165, 1.54) is 6.54 Å². The third kappa shape index (κ3) is 4.14. The van der Waals surface area contributed by atoms with Crippen molar-refractivity contribution in [1.82, 2.24) is 4.90 Å². The van der Waals surface area contributed by atoms with Gasteiger partial charge in [-0.15, -0.1) is 0 Å². The molecule has 0 radical (unpaired) electrons. The summed E-state index contributed by atoms with van der Waals surface area (Å²) in [6.07, 6.45) is 3.15. The zero-order valence-electron chi connectivity index (χ0n) is 10.4. The van der Waals surface area contributed by atoms with Gasteiger partial charge in [0.05, 0.1) is 0 Å². The van der Waals surface area contributed by atoms with Crippen molar-refractivity contribution in [2.75, 3.05) is 6.54 Å². The second kappa shape index (κ2) is 6.42. The Kier molecular flexibility index (Phi) is 5.92. The third-order valence-corrected chi connectivity index (χ3v) is 13.7. The van der Waals surface area contributed by atoms with Crippen molar-refractivity contribution < 1.29 is 0 Å². The van der Waals surface area contributed by atoms with Crippen LogP contribution in [0.25, 0.3) is 0 Å². The van der Waals surface area contributed by atoms with E-state index in [9.17, 15) is 0 Å². The van der Waals surface area contributed by atoms with Gasteiger partial charge in [-0.3, -0.25) is 0 Å². The molecule has 1 aliphatic rings. The van der Waals surface area contributed by atoms with E-state index >= 15 is 0 Å². The summed E-state index contributed by atoms with van der Waals surface area (Å²) in [5, 5.41) is 0. The minimum atomic E-state index is -0.926. The molecule has 0 bridgehead atoms. The molecule has 1 saturated heterocycles. The van der Waals surface area contributed by atoms with E-state index in [4.69, 9.17) is 0 Å². The van der Waals surface area contributed by atoms with Crippen LogP contribution in [0.4, 0.5) is 0 Å². The standard InChI is InChI=1S/C8H18N.C4H8.In/c1-6-9(7(2)3)8(4)5;1-3-4-2;/h7-8H,1,6H2,2-5H3;1-4H2;. The van der Waals surface area contributed by atoms with E-state index in [1.807, 2.05) is 0 Å². The molecule has 1 fully saturated rings. The first-order valence-corrected chi connectivity index (χ1v) is 13.4. The van der Waals surface area contributed by atoms with Gasteiger partial charge in [0.2, 0.25) is 0 Å². The van der Waals surface area contributed by atoms with E-state index in [1.54, 1.807) is 25.4 Å². The van der Waals surface area contributed by atoms with E-state index in [0.29, 0.717) is 0 Å². The molecule has 0 unspecified atom stereocenters. The Morgan fingerprint density at radius 3 is 1.93 bits per heavy atom. The molecule has 82 valence electrons. The van der Waals surface area contributed by atoms with E-state index in [-0.39, 0.29) is 0 Å². The quantitative estimate of drug-likeness (QED) is 0.752. The van der Waals surface area contributed by atoms with Crippen molar-refractivity contribution in [2.24, 2.45) is 0 Å². The Labute approximate surface area is 97.8 Å². The SMILES string of the molecule is CC(C)N(C[CH2][In]1[CH2]CC[CH2]1)C(C)C. The molecule has 1 aliphatic heterocycles. The van der Waals surface area contributed by atoms with Gasteiger partial charge in [0.25, 0.3) is 0 Å². The second-order valence-corrected chi connectivity index (χ2v) is 15.3. The summed E-state index contributed by atoms with van der Waals surface area (Å²) in [7, 11) is 0. The van der Waals surface area contributed by atoms with Gasteiger partial charge in [0, 0.05) is 0 Å². The Morgan fingerprint density at radius 1 is 1.00 bits per heavy atom. The summed E-state index contributed by atoms with van der Waals surface area (Å²) in [5.41, 5.74) is 0. The molecule has 0 amide bonds. The van der Waals surface area contributed by atoms with Crippen LogP contribution in [-0.2, 0) is 0 Å². The summed E-state index contributed by atoms with van der Waals surface area (Å²) in [4.78, 5) is 2.68.